The first kappa shape index (κ1) is 12.9. The van der Waals surface area contributed by atoms with Gasteiger partial charge in [-0.2, -0.15) is 11.3 Å². The van der Waals surface area contributed by atoms with Crippen LogP contribution in [-0.2, 0) is 0 Å². The minimum atomic E-state index is -0.499. The minimum absolute atomic E-state index is 0.458. The van der Waals surface area contributed by atoms with Crippen molar-refractivity contribution in [2.24, 2.45) is 0 Å². The summed E-state index contributed by atoms with van der Waals surface area (Å²) in [5.74, 6) is 1.61. The number of aliphatic hydroxyl groups excluding tert-OH is 1. The van der Waals surface area contributed by atoms with Gasteiger partial charge in [0.15, 0.2) is 0 Å². The van der Waals surface area contributed by atoms with E-state index in [4.69, 9.17) is 0 Å². The first-order valence-electron chi connectivity index (χ1n) is 5.94. The molecule has 2 aromatic heterocycles. The van der Waals surface area contributed by atoms with E-state index in [1.54, 1.807) is 11.3 Å². The van der Waals surface area contributed by atoms with Crippen LogP contribution in [0.2, 0.25) is 0 Å². The van der Waals surface area contributed by atoms with E-state index in [1.165, 1.54) is 0 Å². The Bertz CT molecular complexity index is 473. The van der Waals surface area contributed by atoms with Crippen molar-refractivity contribution in [3.63, 3.8) is 0 Å². The molecule has 2 heterocycles. The molecule has 2 aromatic rings. The van der Waals surface area contributed by atoms with Gasteiger partial charge in [-0.3, -0.25) is 0 Å². The number of aromatic nitrogens is 1. The molecule has 2 rings (SSSR count). The van der Waals surface area contributed by atoms with Crippen LogP contribution in [0.25, 0.3) is 0 Å². The van der Waals surface area contributed by atoms with Gasteiger partial charge in [0.1, 0.15) is 11.6 Å². The molecule has 96 valence electrons. The lowest BCUT2D eigenvalue weighted by Crippen LogP contribution is -2.12. The molecule has 0 amide bonds. The Balaban J connectivity index is 1.91. The van der Waals surface area contributed by atoms with Gasteiger partial charge in [0.25, 0.3) is 0 Å². The maximum atomic E-state index is 9.94. The van der Waals surface area contributed by atoms with Crippen LogP contribution < -0.4 is 10.6 Å². The third-order valence-corrected chi connectivity index (χ3v) is 3.21. The van der Waals surface area contributed by atoms with E-state index in [0.29, 0.717) is 6.54 Å². The maximum absolute atomic E-state index is 9.94. The number of thiophene rings is 1. The van der Waals surface area contributed by atoms with Crippen LogP contribution in [0.15, 0.2) is 35.0 Å². The third-order valence-electron chi connectivity index (χ3n) is 2.51. The maximum Gasteiger partial charge on any atom is 0.128 e. The van der Waals surface area contributed by atoms with Gasteiger partial charge < -0.3 is 15.7 Å². The number of hydrogen-bond donors (Lipinski definition) is 3. The molecule has 0 spiro atoms. The summed E-state index contributed by atoms with van der Waals surface area (Å²) in [6.45, 7) is 3.33. The Morgan fingerprint density at radius 2 is 2.06 bits per heavy atom. The SMILES string of the molecule is CCNc1cccc(NCC(O)c2ccsc2)n1. The minimum Gasteiger partial charge on any atom is -0.387 e. The summed E-state index contributed by atoms with van der Waals surface area (Å²) < 4.78 is 0. The first-order valence-corrected chi connectivity index (χ1v) is 6.89. The largest absolute Gasteiger partial charge is 0.387 e. The van der Waals surface area contributed by atoms with Crippen molar-refractivity contribution in [1.29, 1.82) is 0 Å². The smallest absolute Gasteiger partial charge is 0.128 e. The van der Waals surface area contributed by atoms with Gasteiger partial charge in [-0.15, -0.1) is 0 Å². The number of hydrogen-bond acceptors (Lipinski definition) is 5. The highest BCUT2D eigenvalue weighted by atomic mass is 32.1. The van der Waals surface area contributed by atoms with Gasteiger partial charge in [0.2, 0.25) is 0 Å². The van der Waals surface area contributed by atoms with Crippen LogP contribution in [0.5, 0.6) is 0 Å². The molecule has 0 bridgehead atoms. The van der Waals surface area contributed by atoms with Crippen molar-refractivity contribution in [3.05, 3.63) is 40.6 Å². The predicted molar refractivity (Wildman–Crippen MR) is 76.2 cm³/mol. The number of rotatable bonds is 6. The molecule has 1 atom stereocenters. The Kier molecular flexibility index (Phi) is 4.55. The third kappa shape index (κ3) is 3.45. The zero-order valence-corrected chi connectivity index (χ0v) is 11.1. The van der Waals surface area contributed by atoms with Gasteiger partial charge in [0, 0.05) is 13.1 Å². The fraction of sp³-hybridized carbons (Fsp3) is 0.308. The van der Waals surface area contributed by atoms with Gasteiger partial charge in [-0.1, -0.05) is 6.07 Å². The number of pyridine rings is 1. The molecule has 3 N–H and O–H groups in total. The quantitative estimate of drug-likeness (QED) is 0.750. The Labute approximate surface area is 111 Å². The van der Waals surface area contributed by atoms with Crippen molar-refractivity contribution in [3.8, 4) is 0 Å². The molecule has 0 aliphatic heterocycles. The normalized spacial score (nSPS) is 12.1. The van der Waals surface area contributed by atoms with E-state index < -0.39 is 6.10 Å². The average Bonchev–Trinajstić information content (AvgIpc) is 2.91. The average molecular weight is 263 g/mol. The molecule has 0 saturated heterocycles. The molecule has 0 fully saturated rings. The van der Waals surface area contributed by atoms with Crippen LogP contribution in [0.4, 0.5) is 11.6 Å². The van der Waals surface area contributed by atoms with E-state index in [0.717, 1.165) is 23.7 Å². The van der Waals surface area contributed by atoms with Crippen molar-refractivity contribution >= 4 is 23.0 Å². The molecule has 0 saturated carbocycles. The van der Waals surface area contributed by atoms with E-state index in [1.807, 2.05) is 41.9 Å². The molecule has 5 heteroatoms. The predicted octanol–water partition coefficient (Wildman–Crippen LogP) is 2.72. The van der Waals surface area contributed by atoms with Gasteiger partial charge >= 0.3 is 0 Å². The summed E-state index contributed by atoms with van der Waals surface area (Å²) in [6.07, 6.45) is -0.499. The molecular formula is C13H17N3OS. The molecule has 1 unspecified atom stereocenters. The van der Waals surface area contributed by atoms with E-state index in [-0.39, 0.29) is 0 Å². The highest BCUT2D eigenvalue weighted by molar-refractivity contribution is 7.07. The first-order chi connectivity index (χ1) is 8.79. The second-order valence-corrected chi connectivity index (χ2v) is 4.67. The fourth-order valence-corrected chi connectivity index (χ4v) is 2.30. The molecule has 0 aliphatic rings. The molecule has 0 aromatic carbocycles. The standard InChI is InChI=1S/C13H17N3OS/c1-2-14-12-4-3-5-13(16-12)15-8-11(17)10-6-7-18-9-10/h3-7,9,11,17H,2,8H2,1H3,(H2,14,15,16). The van der Waals surface area contributed by atoms with Crippen LogP contribution in [-0.4, -0.2) is 23.2 Å². The van der Waals surface area contributed by atoms with Crippen molar-refractivity contribution in [1.82, 2.24) is 4.98 Å². The molecule has 0 radical (unpaired) electrons. The Morgan fingerprint density at radius 1 is 1.28 bits per heavy atom. The van der Waals surface area contributed by atoms with Gasteiger partial charge in [-0.25, -0.2) is 4.98 Å². The monoisotopic (exact) mass is 263 g/mol. The summed E-state index contributed by atoms with van der Waals surface area (Å²) >= 11 is 1.59. The molecule has 0 aliphatic carbocycles. The lowest BCUT2D eigenvalue weighted by Gasteiger charge is -2.12. The summed E-state index contributed by atoms with van der Waals surface area (Å²) in [5.41, 5.74) is 0.940. The summed E-state index contributed by atoms with van der Waals surface area (Å²) in [7, 11) is 0. The number of nitrogens with one attached hydrogen (secondary N) is 2. The van der Waals surface area contributed by atoms with Crippen molar-refractivity contribution < 1.29 is 5.11 Å². The lowest BCUT2D eigenvalue weighted by molar-refractivity contribution is 0.192. The number of anilines is 2. The second kappa shape index (κ2) is 6.37. The highest BCUT2D eigenvalue weighted by Crippen LogP contribution is 2.17. The number of nitrogens with zero attached hydrogens (tertiary/aromatic N) is 1. The molecule has 18 heavy (non-hydrogen) atoms. The second-order valence-electron chi connectivity index (χ2n) is 3.89. The van der Waals surface area contributed by atoms with Crippen LogP contribution in [0.1, 0.15) is 18.6 Å². The zero-order valence-electron chi connectivity index (χ0n) is 10.3. The summed E-state index contributed by atoms with van der Waals surface area (Å²) in [6, 6.07) is 7.68. The van der Waals surface area contributed by atoms with E-state index in [9.17, 15) is 5.11 Å². The zero-order chi connectivity index (χ0) is 12.8. The van der Waals surface area contributed by atoms with Crippen molar-refractivity contribution in [2.45, 2.75) is 13.0 Å². The van der Waals surface area contributed by atoms with Gasteiger partial charge in [-0.05, 0) is 41.4 Å². The molecular weight excluding hydrogens is 246 g/mol. The van der Waals surface area contributed by atoms with Crippen LogP contribution >= 0.6 is 11.3 Å². The Hall–Kier alpha value is -1.59. The van der Waals surface area contributed by atoms with E-state index in [2.05, 4.69) is 15.6 Å². The lowest BCUT2D eigenvalue weighted by atomic mass is 10.2. The van der Waals surface area contributed by atoms with Gasteiger partial charge in [0.05, 0.1) is 6.10 Å². The fourth-order valence-electron chi connectivity index (χ4n) is 1.60. The topological polar surface area (TPSA) is 57.2 Å². The summed E-state index contributed by atoms with van der Waals surface area (Å²) in [4.78, 5) is 4.39. The Morgan fingerprint density at radius 3 is 2.72 bits per heavy atom. The van der Waals surface area contributed by atoms with Crippen LogP contribution in [0, 0.1) is 0 Å². The summed E-state index contributed by atoms with van der Waals surface area (Å²) in [5, 5.41) is 20.1. The molecule has 4 nitrogen and oxygen atoms in total. The van der Waals surface area contributed by atoms with Crippen LogP contribution in [0.3, 0.4) is 0 Å². The van der Waals surface area contributed by atoms with Crippen molar-refractivity contribution in [2.75, 3.05) is 23.7 Å². The van der Waals surface area contributed by atoms with E-state index >= 15 is 0 Å². The highest BCUT2D eigenvalue weighted by Gasteiger charge is 2.07. The number of aliphatic hydroxyl groups is 1.